The Morgan fingerprint density at radius 2 is 2.00 bits per heavy atom. The standard InChI is InChI=1S/C20H18N6O5S/c1-25-18(21-10-22-25)19(27)24-16-8-7-12-9-15(26(11-32(29)30)17(12)23-16)13-5-3-4-6-14(13)20(28)31-2/h3-10H,11H2,1-2H3,(H,29,30)(H,23,24,27)/p-1. The third-order valence-corrected chi connectivity index (χ3v) is 5.21. The van der Waals surface area contributed by atoms with Gasteiger partial charge in [-0.3, -0.25) is 9.00 Å². The van der Waals surface area contributed by atoms with Gasteiger partial charge in [0.2, 0.25) is 5.82 Å². The van der Waals surface area contributed by atoms with Crippen molar-refractivity contribution < 1.29 is 23.1 Å². The number of hydrogen-bond acceptors (Lipinski definition) is 8. The summed E-state index contributed by atoms with van der Waals surface area (Å²) in [6.07, 6.45) is 1.26. The number of carbonyl (C=O) groups excluding carboxylic acids is 2. The highest BCUT2D eigenvalue weighted by Crippen LogP contribution is 2.31. The number of amides is 1. The van der Waals surface area contributed by atoms with Gasteiger partial charge in [0.1, 0.15) is 17.8 Å². The Morgan fingerprint density at radius 3 is 2.69 bits per heavy atom. The first-order valence-electron chi connectivity index (χ1n) is 9.28. The maximum absolute atomic E-state index is 12.4. The summed E-state index contributed by atoms with van der Waals surface area (Å²) in [6, 6.07) is 11.7. The molecule has 1 N–H and O–H groups in total. The zero-order valence-corrected chi connectivity index (χ0v) is 17.8. The van der Waals surface area contributed by atoms with Gasteiger partial charge in [0.05, 0.1) is 24.2 Å². The first kappa shape index (κ1) is 21.3. The molecule has 3 heterocycles. The van der Waals surface area contributed by atoms with E-state index in [0.717, 1.165) is 0 Å². The Labute approximate surface area is 184 Å². The molecule has 1 amide bonds. The molecule has 1 atom stereocenters. The predicted octanol–water partition coefficient (Wildman–Crippen LogP) is 1.71. The van der Waals surface area contributed by atoms with Gasteiger partial charge in [0.25, 0.3) is 5.91 Å². The number of pyridine rings is 1. The van der Waals surface area contributed by atoms with Crippen molar-refractivity contribution >= 4 is 39.8 Å². The van der Waals surface area contributed by atoms with Crippen molar-refractivity contribution in [3.05, 3.63) is 60.2 Å². The summed E-state index contributed by atoms with van der Waals surface area (Å²) in [7, 11) is 2.85. The van der Waals surface area contributed by atoms with E-state index in [1.165, 1.54) is 22.7 Å². The van der Waals surface area contributed by atoms with Crippen molar-refractivity contribution in [2.45, 2.75) is 5.88 Å². The van der Waals surface area contributed by atoms with Gasteiger partial charge < -0.3 is 19.2 Å². The van der Waals surface area contributed by atoms with Crippen molar-refractivity contribution in [2.75, 3.05) is 12.4 Å². The van der Waals surface area contributed by atoms with Crippen LogP contribution in [0, 0.1) is 0 Å². The van der Waals surface area contributed by atoms with Crippen LogP contribution in [-0.2, 0) is 28.7 Å². The number of aromatic nitrogens is 5. The minimum atomic E-state index is -2.45. The number of anilines is 1. The lowest BCUT2D eigenvalue weighted by Gasteiger charge is -2.14. The fourth-order valence-electron chi connectivity index (χ4n) is 3.32. The Bertz CT molecular complexity index is 1360. The van der Waals surface area contributed by atoms with Crippen molar-refractivity contribution in [3.63, 3.8) is 0 Å². The van der Waals surface area contributed by atoms with E-state index in [-0.39, 0.29) is 17.2 Å². The van der Waals surface area contributed by atoms with Gasteiger partial charge in [-0.05, 0) is 35.3 Å². The Balaban J connectivity index is 1.82. The van der Waals surface area contributed by atoms with E-state index in [9.17, 15) is 18.4 Å². The van der Waals surface area contributed by atoms with Crippen LogP contribution in [0.5, 0.6) is 0 Å². The van der Waals surface area contributed by atoms with E-state index < -0.39 is 28.8 Å². The number of fused-ring (bicyclic) bond motifs is 1. The highest BCUT2D eigenvalue weighted by atomic mass is 32.2. The molecule has 4 rings (SSSR count). The second-order valence-corrected chi connectivity index (χ2v) is 7.56. The highest BCUT2D eigenvalue weighted by molar-refractivity contribution is 7.78. The lowest BCUT2D eigenvalue weighted by Crippen LogP contribution is -2.18. The van der Waals surface area contributed by atoms with Crippen molar-refractivity contribution in [1.29, 1.82) is 0 Å². The summed E-state index contributed by atoms with van der Waals surface area (Å²) in [5.74, 6) is -1.17. The second-order valence-electron chi connectivity index (χ2n) is 6.70. The van der Waals surface area contributed by atoms with E-state index in [0.29, 0.717) is 22.3 Å². The molecule has 4 aromatic rings. The molecule has 164 valence electrons. The normalized spacial score (nSPS) is 12.0. The molecule has 1 aromatic carbocycles. The average molecular weight is 453 g/mol. The molecule has 0 radical (unpaired) electrons. The molecule has 32 heavy (non-hydrogen) atoms. The SMILES string of the molecule is COC(=O)c1ccccc1-c1cc2ccc(NC(=O)c3ncnn3C)nc2n1CS(=O)[O-]. The van der Waals surface area contributed by atoms with Crippen LogP contribution in [0.25, 0.3) is 22.3 Å². The van der Waals surface area contributed by atoms with Crippen LogP contribution < -0.4 is 5.32 Å². The molecule has 3 aromatic heterocycles. The predicted molar refractivity (Wildman–Crippen MR) is 114 cm³/mol. The number of aryl methyl sites for hydroxylation is 1. The highest BCUT2D eigenvalue weighted by Gasteiger charge is 2.19. The minimum Gasteiger partial charge on any atom is -0.771 e. The fourth-order valence-corrected chi connectivity index (χ4v) is 3.80. The number of ether oxygens (including phenoxy) is 1. The summed E-state index contributed by atoms with van der Waals surface area (Å²) < 4.78 is 30.8. The topological polar surface area (TPSA) is 144 Å². The van der Waals surface area contributed by atoms with Gasteiger partial charge in [-0.15, -0.1) is 0 Å². The number of benzene rings is 1. The molecule has 0 saturated carbocycles. The summed E-state index contributed by atoms with van der Waals surface area (Å²) in [5, 5.41) is 7.11. The summed E-state index contributed by atoms with van der Waals surface area (Å²) in [6.45, 7) is 0. The molecule has 0 bridgehead atoms. The van der Waals surface area contributed by atoms with Gasteiger partial charge >= 0.3 is 5.97 Å². The van der Waals surface area contributed by atoms with Gasteiger partial charge in [-0.1, -0.05) is 18.2 Å². The van der Waals surface area contributed by atoms with Gasteiger partial charge in [-0.25, -0.2) is 19.4 Å². The fraction of sp³-hybridized carbons (Fsp3) is 0.150. The van der Waals surface area contributed by atoms with Crippen LogP contribution in [0.15, 0.2) is 48.8 Å². The second kappa shape index (κ2) is 8.69. The van der Waals surface area contributed by atoms with Crippen LogP contribution in [0.2, 0.25) is 0 Å². The van der Waals surface area contributed by atoms with Crippen molar-refractivity contribution in [2.24, 2.45) is 7.05 Å². The molecule has 1 unspecified atom stereocenters. The molecule has 11 nitrogen and oxygen atoms in total. The van der Waals surface area contributed by atoms with Crippen LogP contribution in [0.1, 0.15) is 21.0 Å². The third-order valence-electron chi connectivity index (χ3n) is 4.74. The molecular formula is C20H17N6O5S-. The summed E-state index contributed by atoms with van der Waals surface area (Å²) in [4.78, 5) is 33.0. The molecular weight excluding hydrogens is 436 g/mol. The maximum atomic E-state index is 12.4. The number of esters is 1. The van der Waals surface area contributed by atoms with Gasteiger partial charge in [0, 0.05) is 18.0 Å². The smallest absolute Gasteiger partial charge is 0.338 e. The Kier molecular flexibility index (Phi) is 5.79. The number of carbonyl (C=O) groups is 2. The van der Waals surface area contributed by atoms with Crippen LogP contribution in [-0.4, -0.2) is 52.1 Å². The van der Waals surface area contributed by atoms with E-state index in [4.69, 9.17) is 4.74 Å². The molecule has 0 aliphatic heterocycles. The average Bonchev–Trinajstić information content (AvgIpc) is 3.36. The Hall–Kier alpha value is -3.90. The lowest BCUT2D eigenvalue weighted by atomic mass is 10.0. The first-order chi connectivity index (χ1) is 15.4. The number of nitrogens with zero attached hydrogens (tertiary/aromatic N) is 5. The Morgan fingerprint density at radius 1 is 1.22 bits per heavy atom. The zero-order valence-electron chi connectivity index (χ0n) is 17.0. The lowest BCUT2D eigenvalue weighted by molar-refractivity contribution is 0.0601. The molecule has 12 heteroatoms. The van der Waals surface area contributed by atoms with Crippen LogP contribution in [0.3, 0.4) is 0 Å². The molecule has 0 saturated heterocycles. The molecule has 0 aliphatic rings. The van der Waals surface area contributed by atoms with E-state index in [1.807, 2.05) is 0 Å². The van der Waals surface area contributed by atoms with Crippen LogP contribution >= 0.6 is 0 Å². The first-order valence-corrected chi connectivity index (χ1v) is 10.5. The van der Waals surface area contributed by atoms with E-state index in [1.54, 1.807) is 49.5 Å². The summed E-state index contributed by atoms with van der Waals surface area (Å²) >= 11 is -2.45. The number of hydrogen-bond donors (Lipinski definition) is 1. The summed E-state index contributed by atoms with van der Waals surface area (Å²) in [5.41, 5.74) is 1.56. The molecule has 0 fully saturated rings. The molecule has 0 aliphatic carbocycles. The maximum Gasteiger partial charge on any atom is 0.338 e. The van der Waals surface area contributed by atoms with Crippen molar-refractivity contribution in [3.8, 4) is 11.3 Å². The van der Waals surface area contributed by atoms with Gasteiger partial charge in [-0.2, -0.15) is 5.10 Å². The van der Waals surface area contributed by atoms with Crippen LogP contribution in [0.4, 0.5) is 5.82 Å². The number of nitrogens with one attached hydrogen (secondary N) is 1. The number of methoxy groups -OCH3 is 1. The number of rotatable bonds is 6. The quantitative estimate of drug-likeness (QED) is 0.343. The minimum absolute atomic E-state index is 0.0932. The van der Waals surface area contributed by atoms with E-state index in [2.05, 4.69) is 20.4 Å². The monoisotopic (exact) mass is 453 g/mol. The van der Waals surface area contributed by atoms with E-state index >= 15 is 0 Å². The molecule has 0 spiro atoms. The largest absolute Gasteiger partial charge is 0.771 e. The zero-order chi connectivity index (χ0) is 22.8. The van der Waals surface area contributed by atoms with Crippen molar-refractivity contribution in [1.82, 2.24) is 24.3 Å². The van der Waals surface area contributed by atoms with Gasteiger partial charge in [0.15, 0.2) is 0 Å². The third kappa shape index (κ3) is 4.00.